The molecule has 2 aromatic rings. The van der Waals surface area contributed by atoms with E-state index in [4.69, 9.17) is 9.47 Å². The van der Waals surface area contributed by atoms with Gasteiger partial charge in [0.15, 0.2) is 5.76 Å². The van der Waals surface area contributed by atoms with Gasteiger partial charge in [-0.25, -0.2) is 0 Å². The van der Waals surface area contributed by atoms with Gasteiger partial charge in [0, 0.05) is 24.8 Å². The van der Waals surface area contributed by atoms with Gasteiger partial charge in [-0.2, -0.15) is 0 Å². The highest BCUT2D eigenvalue weighted by molar-refractivity contribution is 6.14. The van der Waals surface area contributed by atoms with Gasteiger partial charge >= 0.3 is 5.97 Å². The lowest BCUT2D eigenvalue weighted by Gasteiger charge is -2.20. The van der Waals surface area contributed by atoms with Gasteiger partial charge in [-0.05, 0) is 62.6 Å². The van der Waals surface area contributed by atoms with Crippen LogP contribution in [0.1, 0.15) is 42.6 Å². The number of anilines is 1. The van der Waals surface area contributed by atoms with Crippen LogP contribution in [0.5, 0.6) is 11.5 Å². The second kappa shape index (κ2) is 7.50. The summed E-state index contributed by atoms with van der Waals surface area (Å²) >= 11 is 0. The van der Waals surface area contributed by atoms with Crippen LogP contribution in [-0.4, -0.2) is 24.8 Å². The van der Waals surface area contributed by atoms with E-state index >= 15 is 0 Å². The summed E-state index contributed by atoms with van der Waals surface area (Å²) in [5.74, 6) is 0.753. The molecule has 0 bridgehead atoms. The van der Waals surface area contributed by atoms with E-state index in [1.807, 2.05) is 24.3 Å². The summed E-state index contributed by atoms with van der Waals surface area (Å²) < 4.78 is 11.1. The lowest BCUT2D eigenvalue weighted by atomic mass is 10.1. The van der Waals surface area contributed by atoms with Gasteiger partial charge in [-0.1, -0.05) is 12.1 Å². The second-order valence-corrected chi connectivity index (χ2v) is 7.06. The quantitative estimate of drug-likeness (QED) is 0.422. The predicted octanol–water partition coefficient (Wildman–Crippen LogP) is 4.46. The Bertz CT molecular complexity index is 938. The lowest BCUT2D eigenvalue weighted by Crippen LogP contribution is -2.21. The van der Waals surface area contributed by atoms with Crippen molar-refractivity contribution in [2.45, 2.75) is 26.7 Å². The van der Waals surface area contributed by atoms with Gasteiger partial charge in [0.25, 0.3) is 0 Å². The fraction of sp³-hybridized carbons (Fsp3) is 0.304. The molecule has 2 aromatic carbocycles. The van der Waals surface area contributed by atoms with E-state index in [-0.39, 0.29) is 23.4 Å². The molecular formula is C23H23NO4. The molecule has 0 aromatic heterocycles. The molecule has 0 spiro atoms. The maximum absolute atomic E-state index is 12.6. The number of hydrogen-bond donors (Lipinski definition) is 0. The van der Waals surface area contributed by atoms with Crippen LogP contribution in [0, 0.1) is 5.92 Å². The number of esters is 1. The fourth-order valence-corrected chi connectivity index (χ4v) is 3.27. The van der Waals surface area contributed by atoms with Crippen LogP contribution >= 0.6 is 0 Å². The third kappa shape index (κ3) is 3.65. The molecule has 1 fully saturated rings. The molecule has 0 radical (unpaired) electrons. The van der Waals surface area contributed by atoms with Crippen LogP contribution in [0.4, 0.5) is 5.69 Å². The number of carbonyl (C=O) groups excluding carboxylic acids is 2. The second-order valence-electron chi connectivity index (χ2n) is 7.06. The molecule has 5 heteroatoms. The topological polar surface area (TPSA) is 55.8 Å². The molecule has 0 N–H and O–H groups in total. The number of ether oxygens (including phenoxy) is 2. The Morgan fingerprint density at radius 1 is 1.14 bits per heavy atom. The summed E-state index contributed by atoms with van der Waals surface area (Å²) in [6.45, 7) is 6.14. The van der Waals surface area contributed by atoms with Crippen LogP contribution in [0.3, 0.4) is 0 Å². The molecule has 144 valence electrons. The number of allylic oxidation sites excluding steroid dienone is 1. The van der Waals surface area contributed by atoms with E-state index in [0.717, 1.165) is 37.2 Å². The Morgan fingerprint density at radius 2 is 1.86 bits per heavy atom. The van der Waals surface area contributed by atoms with Gasteiger partial charge in [0.05, 0.1) is 11.5 Å². The van der Waals surface area contributed by atoms with Gasteiger partial charge in [-0.15, -0.1) is 0 Å². The van der Waals surface area contributed by atoms with Crippen LogP contribution in [-0.2, 0) is 4.79 Å². The van der Waals surface area contributed by atoms with Gasteiger partial charge in [0.1, 0.15) is 11.5 Å². The lowest BCUT2D eigenvalue weighted by molar-refractivity contribution is -0.135. The molecule has 0 unspecified atom stereocenters. The Labute approximate surface area is 164 Å². The normalized spacial score (nSPS) is 16.6. The summed E-state index contributed by atoms with van der Waals surface area (Å²) in [6.07, 6.45) is 3.52. The standard InChI is InChI=1S/C23H23NO4/c1-3-24(4-2)17-9-5-15(6-10-17)13-21-22(25)19-12-11-18(14-20(19)28-21)27-23(26)16-7-8-16/h5-6,9-14,16H,3-4,7-8H2,1-2H3/b21-13-. The summed E-state index contributed by atoms with van der Waals surface area (Å²) in [7, 11) is 0. The first-order valence-electron chi connectivity index (χ1n) is 9.74. The van der Waals surface area contributed by atoms with E-state index in [2.05, 4.69) is 18.7 Å². The molecule has 0 amide bonds. The van der Waals surface area contributed by atoms with Crippen molar-refractivity contribution in [1.29, 1.82) is 0 Å². The van der Waals surface area contributed by atoms with Crippen molar-refractivity contribution in [2.24, 2.45) is 5.92 Å². The van der Waals surface area contributed by atoms with Crippen molar-refractivity contribution in [3.8, 4) is 11.5 Å². The fourth-order valence-electron chi connectivity index (χ4n) is 3.27. The average Bonchev–Trinajstić information content (AvgIpc) is 3.51. The largest absolute Gasteiger partial charge is 0.452 e. The molecule has 1 saturated carbocycles. The predicted molar refractivity (Wildman–Crippen MR) is 108 cm³/mol. The number of hydrogen-bond acceptors (Lipinski definition) is 5. The van der Waals surface area contributed by atoms with Gasteiger partial charge < -0.3 is 14.4 Å². The number of ketones is 1. The van der Waals surface area contributed by atoms with Crippen molar-refractivity contribution in [3.63, 3.8) is 0 Å². The highest BCUT2D eigenvalue weighted by Gasteiger charge is 2.32. The zero-order chi connectivity index (χ0) is 19.7. The number of carbonyl (C=O) groups is 2. The number of fused-ring (bicyclic) bond motifs is 1. The van der Waals surface area contributed by atoms with Crippen molar-refractivity contribution >= 4 is 23.5 Å². The minimum atomic E-state index is -0.215. The number of benzene rings is 2. The maximum atomic E-state index is 12.6. The van der Waals surface area contributed by atoms with Crippen LogP contribution in [0.15, 0.2) is 48.2 Å². The van der Waals surface area contributed by atoms with E-state index in [0.29, 0.717) is 17.1 Å². The van der Waals surface area contributed by atoms with Crippen molar-refractivity contribution < 1.29 is 19.1 Å². The minimum Gasteiger partial charge on any atom is -0.452 e. The molecule has 2 aliphatic rings. The number of Topliss-reactive ketones (excluding diaryl/α,β-unsaturated/α-hetero) is 1. The molecule has 0 atom stereocenters. The van der Waals surface area contributed by atoms with E-state index in [1.54, 1.807) is 24.3 Å². The summed E-state index contributed by atoms with van der Waals surface area (Å²) in [5, 5.41) is 0. The average molecular weight is 377 g/mol. The molecule has 1 heterocycles. The number of nitrogens with zero attached hydrogens (tertiary/aromatic N) is 1. The highest BCUT2D eigenvalue weighted by Crippen LogP contribution is 2.36. The van der Waals surface area contributed by atoms with Crippen molar-refractivity contribution in [2.75, 3.05) is 18.0 Å². The molecule has 4 rings (SSSR count). The first kappa shape index (κ1) is 18.3. The Hall–Kier alpha value is -3.08. The van der Waals surface area contributed by atoms with E-state index in [9.17, 15) is 9.59 Å². The monoisotopic (exact) mass is 377 g/mol. The molecule has 0 saturated heterocycles. The van der Waals surface area contributed by atoms with E-state index in [1.165, 1.54) is 0 Å². The summed E-state index contributed by atoms with van der Waals surface area (Å²) in [6, 6.07) is 12.9. The first-order chi connectivity index (χ1) is 13.6. The van der Waals surface area contributed by atoms with Crippen LogP contribution in [0.2, 0.25) is 0 Å². The third-order valence-corrected chi connectivity index (χ3v) is 5.09. The molecular weight excluding hydrogens is 354 g/mol. The highest BCUT2D eigenvalue weighted by atomic mass is 16.5. The maximum Gasteiger partial charge on any atom is 0.314 e. The zero-order valence-electron chi connectivity index (χ0n) is 16.1. The Balaban J connectivity index is 1.51. The molecule has 5 nitrogen and oxygen atoms in total. The SMILES string of the molecule is CCN(CC)c1ccc(/C=C2\Oc3cc(OC(=O)C4CC4)ccc3C2=O)cc1. The van der Waals surface area contributed by atoms with Crippen LogP contribution in [0.25, 0.3) is 6.08 Å². The zero-order valence-corrected chi connectivity index (χ0v) is 16.1. The number of rotatable bonds is 6. The summed E-state index contributed by atoms with van der Waals surface area (Å²) in [5.41, 5.74) is 2.53. The molecule has 1 aliphatic heterocycles. The van der Waals surface area contributed by atoms with Crippen LogP contribution < -0.4 is 14.4 Å². The van der Waals surface area contributed by atoms with Crippen molar-refractivity contribution in [3.05, 3.63) is 59.4 Å². The van der Waals surface area contributed by atoms with Gasteiger partial charge in [0.2, 0.25) is 5.78 Å². The molecule has 1 aliphatic carbocycles. The summed E-state index contributed by atoms with van der Waals surface area (Å²) in [4.78, 5) is 26.7. The van der Waals surface area contributed by atoms with Crippen molar-refractivity contribution in [1.82, 2.24) is 0 Å². The first-order valence-corrected chi connectivity index (χ1v) is 9.74. The Kier molecular flexibility index (Phi) is 4.90. The minimum absolute atomic E-state index is 0.0191. The molecule has 28 heavy (non-hydrogen) atoms. The smallest absolute Gasteiger partial charge is 0.314 e. The van der Waals surface area contributed by atoms with Gasteiger partial charge in [-0.3, -0.25) is 9.59 Å². The Morgan fingerprint density at radius 3 is 2.50 bits per heavy atom. The third-order valence-electron chi connectivity index (χ3n) is 5.09. The van der Waals surface area contributed by atoms with E-state index < -0.39 is 0 Å².